The smallest absolute Gasteiger partial charge is 0.309 e. The van der Waals surface area contributed by atoms with Gasteiger partial charge in [0.2, 0.25) is 0 Å². The Morgan fingerprint density at radius 1 is 1.73 bits per heavy atom. The van der Waals surface area contributed by atoms with E-state index < -0.39 is 11.4 Å². The highest BCUT2D eigenvalue weighted by Crippen LogP contribution is 2.24. The summed E-state index contributed by atoms with van der Waals surface area (Å²) in [5.41, 5.74) is -0.783. The van der Waals surface area contributed by atoms with Crippen LogP contribution in [0, 0.1) is 22.7 Å². The molecule has 0 aliphatic carbocycles. The molecule has 0 bridgehead atoms. The minimum atomic E-state index is -0.848. The first-order chi connectivity index (χ1) is 4.90. The van der Waals surface area contributed by atoms with Gasteiger partial charge in [-0.25, -0.2) is 0 Å². The zero-order valence-corrected chi connectivity index (χ0v) is 7.09. The Balaban J connectivity index is 4.15. The molecule has 3 heteroatoms. The van der Waals surface area contributed by atoms with E-state index in [0.717, 1.165) is 0 Å². The van der Waals surface area contributed by atoms with Crippen molar-refractivity contribution < 1.29 is 9.90 Å². The molecule has 0 aromatic heterocycles. The van der Waals surface area contributed by atoms with Gasteiger partial charge in [-0.2, -0.15) is 5.26 Å². The number of aliphatic carboxylic acids is 1. The van der Waals surface area contributed by atoms with Crippen LogP contribution in [-0.2, 0) is 4.79 Å². The van der Waals surface area contributed by atoms with E-state index in [0.29, 0.717) is 6.42 Å². The van der Waals surface area contributed by atoms with E-state index in [4.69, 9.17) is 10.4 Å². The molecule has 1 atom stereocenters. The summed E-state index contributed by atoms with van der Waals surface area (Å²) in [4.78, 5) is 10.6. The Kier molecular flexibility index (Phi) is 3.06. The van der Waals surface area contributed by atoms with Gasteiger partial charge in [0.25, 0.3) is 0 Å². The van der Waals surface area contributed by atoms with Gasteiger partial charge in [-0.1, -0.05) is 0 Å². The average Bonchev–Trinajstić information content (AvgIpc) is 1.86. The maximum atomic E-state index is 10.6. The highest BCUT2D eigenvalue weighted by molar-refractivity contribution is 5.73. The molecule has 0 saturated carbocycles. The summed E-state index contributed by atoms with van der Waals surface area (Å²) in [5, 5.41) is 17.1. The van der Waals surface area contributed by atoms with Crippen LogP contribution in [0.1, 0.15) is 27.2 Å². The zero-order valence-electron chi connectivity index (χ0n) is 7.09. The van der Waals surface area contributed by atoms with Crippen LogP contribution in [0.2, 0.25) is 0 Å². The van der Waals surface area contributed by atoms with Gasteiger partial charge in [0, 0.05) is 5.92 Å². The van der Waals surface area contributed by atoms with Gasteiger partial charge in [0.05, 0.1) is 11.5 Å². The number of carboxylic acids is 1. The SMILES string of the molecule is CC(C#N)CC(C)(C)C(=O)O. The summed E-state index contributed by atoms with van der Waals surface area (Å²) in [7, 11) is 0. The highest BCUT2D eigenvalue weighted by atomic mass is 16.4. The lowest BCUT2D eigenvalue weighted by atomic mass is 9.84. The molecule has 0 rings (SSSR count). The normalized spacial score (nSPS) is 13.6. The van der Waals surface area contributed by atoms with Gasteiger partial charge >= 0.3 is 5.97 Å². The number of hydrogen-bond donors (Lipinski definition) is 1. The van der Waals surface area contributed by atoms with Crippen LogP contribution >= 0.6 is 0 Å². The molecule has 0 heterocycles. The Bertz CT molecular complexity index is 191. The second-order valence-electron chi connectivity index (χ2n) is 3.42. The summed E-state index contributed by atoms with van der Waals surface area (Å²) >= 11 is 0. The van der Waals surface area contributed by atoms with Crippen molar-refractivity contribution in [2.45, 2.75) is 27.2 Å². The van der Waals surface area contributed by atoms with Crippen LogP contribution in [-0.4, -0.2) is 11.1 Å². The molecule has 62 valence electrons. The third-order valence-corrected chi connectivity index (χ3v) is 1.62. The fourth-order valence-corrected chi connectivity index (χ4v) is 0.898. The largest absolute Gasteiger partial charge is 0.481 e. The third kappa shape index (κ3) is 3.03. The van der Waals surface area contributed by atoms with Crippen molar-refractivity contribution in [2.75, 3.05) is 0 Å². The molecule has 1 N–H and O–H groups in total. The van der Waals surface area contributed by atoms with Gasteiger partial charge in [-0.3, -0.25) is 4.79 Å². The van der Waals surface area contributed by atoms with Crippen molar-refractivity contribution in [1.82, 2.24) is 0 Å². The molecule has 0 aromatic rings. The highest BCUT2D eigenvalue weighted by Gasteiger charge is 2.28. The number of nitrogens with zero attached hydrogens (tertiary/aromatic N) is 1. The van der Waals surface area contributed by atoms with E-state index in [1.807, 2.05) is 6.07 Å². The van der Waals surface area contributed by atoms with E-state index in [1.165, 1.54) is 0 Å². The van der Waals surface area contributed by atoms with Gasteiger partial charge in [0.1, 0.15) is 0 Å². The molecule has 0 fully saturated rings. The summed E-state index contributed by atoms with van der Waals surface area (Å²) in [5.74, 6) is -1.04. The first kappa shape index (κ1) is 9.96. The van der Waals surface area contributed by atoms with Crippen LogP contribution in [0.15, 0.2) is 0 Å². The number of nitriles is 1. The standard InChI is InChI=1S/C8H13NO2/c1-6(5-9)4-8(2,3)7(10)11/h6H,4H2,1-3H3,(H,10,11). The zero-order chi connectivity index (χ0) is 9.07. The lowest BCUT2D eigenvalue weighted by Gasteiger charge is -2.19. The van der Waals surface area contributed by atoms with Crippen molar-refractivity contribution in [1.29, 1.82) is 5.26 Å². The van der Waals surface area contributed by atoms with E-state index in [2.05, 4.69) is 0 Å². The minimum Gasteiger partial charge on any atom is -0.481 e. The van der Waals surface area contributed by atoms with E-state index in [9.17, 15) is 4.79 Å². The molecular formula is C8H13NO2. The van der Waals surface area contributed by atoms with Gasteiger partial charge in [-0.05, 0) is 27.2 Å². The molecular weight excluding hydrogens is 142 g/mol. The first-order valence-corrected chi connectivity index (χ1v) is 3.53. The predicted molar refractivity (Wildman–Crippen MR) is 40.8 cm³/mol. The maximum Gasteiger partial charge on any atom is 0.309 e. The van der Waals surface area contributed by atoms with Crippen molar-refractivity contribution in [3.8, 4) is 6.07 Å². The number of carbonyl (C=O) groups is 1. The summed E-state index contributed by atoms with van der Waals surface area (Å²) in [6.45, 7) is 4.98. The number of carboxylic acid groups (broad SMARTS) is 1. The van der Waals surface area contributed by atoms with Gasteiger partial charge in [0.15, 0.2) is 0 Å². The maximum absolute atomic E-state index is 10.6. The summed E-state index contributed by atoms with van der Waals surface area (Å²) < 4.78 is 0. The van der Waals surface area contributed by atoms with E-state index in [-0.39, 0.29) is 5.92 Å². The van der Waals surface area contributed by atoms with Crippen LogP contribution < -0.4 is 0 Å². The molecule has 0 aliphatic heterocycles. The second-order valence-corrected chi connectivity index (χ2v) is 3.42. The Morgan fingerprint density at radius 2 is 2.18 bits per heavy atom. The minimum absolute atomic E-state index is 0.193. The number of rotatable bonds is 3. The number of hydrogen-bond acceptors (Lipinski definition) is 2. The monoisotopic (exact) mass is 155 g/mol. The summed E-state index contributed by atoms with van der Waals surface area (Å²) in [6, 6.07) is 2.01. The molecule has 0 spiro atoms. The van der Waals surface area contributed by atoms with Gasteiger partial charge in [-0.15, -0.1) is 0 Å². The second kappa shape index (κ2) is 3.38. The molecule has 11 heavy (non-hydrogen) atoms. The van der Waals surface area contributed by atoms with E-state index >= 15 is 0 Å². The fourth-order valence-electron chi connectivity index (χ4n) is 0.898. The first-order valence-electron chi connectivity index (χ1n) is 3.53. The van der Waals surface area contributed by atoms with Crippen LogP contribution in [0.4, 0.5) is 0 Å². The molecule has 0 aromatic carbocycles. The molecule has 1 unspecified atom stereocenters. The van der Waals surface area contributed by atoms with Crippen LogP contribution in [0.5, 0.6) is 0 Å². The molecule has 0 aliphatic rings. The van der Waals surface area contributed by atoms with Crippen LogP contribution in [0.3, 0.4) is 0 Å². The molecule has 0 saturated heterocycles. The van der Waals surface area contributed by atoms with Crippen molar-refractivity contribution >= 4 is 5.97 Å². The van der Waals surface area contributed by atoms with E-state index in [1.54, 1.807) is 20.8 Å². The van der Waals surface area contributed by atoms with Crippen molar-refractivity contribution in [2.24, 2.45) is 11.3 Å². The Labute approximate surface area is 66.6 Å². The Morgan fingerprint density at radius 3 is 2.45 bits per heavy atom. The third-order valence-electron chi connectivity index (χ3n) is 1.62. The Hall–Kier alpha value is -1.04. The fraction of sp³-hybridized carbons (Fsp3) is 0.750. The topological polar surface area (TPSA) is 61.1 Å². The average molecular weight is 155 g/mol. The summed E-state index contributed by atoms with van der Waals surface area (Å²) in [6.07, 6.45) is 0.402. The van der Waals surface area contributed by atoms with Crippen molar-refractivity contribution in [3.05, 3.63) is 0 Å². The van der Waals surface area contributed by atoms with Gasteiger partial charge < -0.3 is 5.11 Å². The molecule has 3 nitrogen and oxygen atoms in total. The van der Waals surface area contributed by atoms with Crippen LogP contribution in [0.25, 0.3) is 0 Å². The quantitative estimate of drug-likeness (QED) is 0.674. The molecule has 0 amide bonds. The molecule has 0 radical (unpaired) electrons. The lowest BCUT2D eigenvalue weighted by Crippen LogP contribution is -2.25. The predicted octanol–water partition coefficient (Wildman–Crippen LogP) is 1.65. The van der Waals surface area contributed by atoms with Crippen molar-refractivity contribution in [3.63, 3.8) is 0 Å². The lowest BCUT2D eigenvalue weighted by molar-refractivity contribution is -0.147.